The smallest absolute Gasteiger partial charge is 0.405 e. The van der Waals surface area contributed by atoms with Gasteiger partial charge in [0.25, 0.3) is 0 Å². The van der Waals surface area contributed by atoms with E-state index in [0.29, 0.717) is 30.8 Å². The third kappa shape index (κ3) is 5.36. The monoisotopic (exact) mass is 428 g/mol. The Labute approximate surface area is 170 Å². The number of fused-ring (bicyclic) bond motifs is 1. The summed E-state index contributed by atoms with van der Waals surface area (Å²) < 4.78 is 16.2. The highest BCUT2D eigenvalue weighted by Crippen LogP contribution is 2.25. The van der Waals surface area contributed by atoms with Gasteiger partial charge in [-0.15, -0.1) is 11.6 Å². The molecule has 0 unspecified atom stereocenters. The summed E-state index contributed by atoms with van der Waals surface area (Å²) in [6, 6.07) is 2.76. The van der Waals surface area contributed by atoms with Crippen LogP contribution in [0.15, 0.2) is 23.1 Å². The summed E-state index contributed by atoms with van der Waals surface area (Å²) in [5, 5.41) is 22.1. The van der Waals surface area contributed by atoms with E-state index in [1.165, 1.54) is 6.20 Å². The van der Waals surface area contributed by atoms with Crippen molar-refractivity contribution >= 4 is 40.3 Å². The van der Waals surface area contributed by atoms with Crippen molar-refractivity contribution in [2.45, 2.75) is 13.5 Å². The van der Waals surface area contributed by atoms with Gasteiger partial charge >= 0.3 is 12.1 Å². The first-order valence-electron chi connectivity index (χ1n) is 8.88. The van der Waals surface area contributed by atoms with E-state index < -0.39 is 23.3 Å². The summed E-state index contributed by atoms with van der Waals surface area (Å²) in [4.78, 5) is 34.8. The van der Waals surface area contributed by atoms with E-state index >= 15 is 0 Å². The number of rotatable bonds is 4. The van der Waals surface area contributed by atoms with Crippen LogP contribution >= 0.6 is 11.6 Å². The van der Waals surface area contributed by atoms with Crippen LogP contribution in [0.25, 0.3) is 10.9 Å². The highest BCUT2D eigenvalue weighted by atomic mass is 35.5. The van der Waals surface area contributed by atoms with Gasteiger partial charge in [0, 0.05) is 44.3 Å². The van der Waals surface area contributed by atoms with E-state index in [1.54, 1.807) is 10.6 Å². The van der Waals surface area contributed by atoms with Gasteiger partial charge in [-0.1, -0.05) is 0 Å². The number of pyridine rings is 1. The number of aromatic nitrogens is 1. The van der Waals surface area contributed by atoms with Crippen LogP contribution in [0.5, 0.6) is 0 Å². The average molecular weight is 429 g/mol. The number of hydrogen-bond acceptors (Lipinski definition) is 5. The topological polar surface area (TPSA) is 124 Å². The van der Waals surface area contributed by atoms with Crippen molar-refractivity contribution in [3.8, 4) is 0 Å². The fourth-order valence-corrected chi connectivity index (χ4v) is 3.13. The van der Waals surface area contributed by atoms with Crippen LogP contribution in [-0.4, -0.2) is 59.0 Å². The van der Waals surface area contributed by atoms with Crippen molar-refractivity contribution in [1.82, 2.24) is 15.2 Å². The van der Waals surface area contributed by atoms with Crippen molar-refractivity contribution < 1.29 is 24.2 Å². The Bertz CT molecular complexity index is 959. The first-order valence-corrected chi connectivity index (χ1v) is 9.42. The number of halogens is 2. The predicted octanol–water partition coefficient (Wildman–Crippen LogP) is 1.72. The Hall–Kier alpha value is -2.85. The van der Waals surface area contributed by atoms with Gasteiger partial charge in [0.15, 0.2) is 0 Å². The van der Waals surface area contributed by atoms with Crippen molar-refractivity contribution in [2.24, 2.45) is 0 Å². The SMILES string of the molecule is CCn1cc(C(=O)O)c(=O)c2cc(F)c(N3CCNCC3)cc21.O=C(O)NCCl. The number of amides is 1. The van der Waals surface area contributed by atoms with Gasteiger partial charge in [0.2, 0.25) is 5.43 Å². The van der Waals surface area contributed by atoms with Gasteiger partial charge in [-0.05, 0) is 19.1 Å². The largest absolute Gasteiger partial charge is 0.477 e. The van der Waals surface area contributed by atoms with Crippen molar-refractivity contribution in [3.05, 3.63) is 39.9 Å². The number of anilines is 1. The molecule has 11 heteroatoms. The molecule has 0 aliphatic carbocycles. The van der Waals surface area contributed by atoms with Gasteiger partial charge < -0.3 is 30.3 Å². The van der Waals surface area contributed by atoms with Crippen molar-refractivity contribution in [1.29, 1.82) is 0 Å². The van der Waals surface area contributed by atoms with Gasteiger partial charge in [-0.25, -0.2) is 14.0 Å². The van der Waals surface area contributed by atoms with Crippen LogP contribution in [0.3, 0.4) is 0 Å². The molecule has 0 atom stereocenters. The first kappa shape index (κ1) is 22.4. The molecule has 0 spiro atoms. The summed E-state index contributed by atoms with van der Waals surface area (Å²) in [6.45, 7) is 5.26. The number of carbonyl (C=O) groups is 2. The molecule has 158 valence electrons. The third-order valence-corrected chi connectivity index (χ3v) is 4.53. The normalized spacial score (nSPS) is 13.6. The molecule has 2 aromatic rings. The lowest BCUT2D eigenvalue weighted by Crippen LogP contribution is -2.43. The summed E-state index contributed by atoms with van der Waals surface area (Å²) in [5.74, 6) is -1.80. The Balaban J connectivity index is 0.000000438. The van der Waals surface area contributed by atoms with Gasteiger partial charge in [-0.2, -0.15) is 0 Å². The zero-order valence-electron chi connectivity index (χ0n) is 15.7. The summed E-state index contributed by atoms with van der Waals surface area (Å²) in [7, 11) is 0. The van der Waals surface area contributed by atoms with Crippen LogP contribution in [0.4, 0.5) is 14.9 Å². The van der Waals surface area contributed by atoms with E-state index in [9.17, 15) is 18.8 Å². The molecule has 0 saturated carbocycles. The molecule has 9 nitrogen and oxygen atoms in total. The molecule has 1 aromatic heterocycles. The second-order valence-corrected chi connectivity index (χ2v) is 6.40. The molecule has 0 bridgehead atoms. The maximum absolute atomic E-state index is 14.5. The second kappa shape index (κ2) is 10.1. The molecular formula is C18H22ClFN4O5. The number of nitrogens with zero attached hydrogens (tertiary/aromatic N) is 2. The minimum Gasteiger partial charge on any atom is -0.477 e. The van der Waals surface area contributed by atoms with E-state index in [4.69, 9.17) is 21.8 Å². The van der Waals surface area contributed by atoms with Crippen molar-refractivity contribution in [2.75, 3.05) is 37.1 Å². The standard InChI is InChI=1S/C16H18FN3O3.C2H4ClNO2/c1-2-19-9-11(16(22)23)15(21)10-7-12(17)14(8-13(10)19)20-5-3-18-4-6-20;3-1-4-2(5)6/h7-9,18H,2-6H2,1H3,(H,22,23);4H,1H2,(H,5,6). The second-order valence-electron chi connectivity index (χ2n) is 6.14. The van der Waals surface area contributed by atoms with E-state index in [1.807, 2.05) is 17.1 Å². The van der Waals surface area contributed by atoms with Gasteiger partial charge in [-0.3, -0.25) is 4.79 Å². The lowest BCUT2D eigenvalue weighted by molar-refractivity contribution is 0.0694. The third-order valence-electron chi connectivity index (χ3n) is 4.40. The van der Waals surface area contributed by atoms with E-state index in [0.717, 1.165) is 19.2 Å². The number of carboxylic acids is 1. The number of benzene rings is 1. The first-order chi connectivity index (χ1) is 13.8. The summed E-state index contributed by atoms with van der Waals surface area (Å²) in [6.07, 6.45) is 0.233. The van der Waals surface area contributed by atoms with Crippen LogP contribution in [-0.2, 0) is 6.54 Å². The number of hydrogen-bond donors (Lipinski definition) is 4. The lowest BCUT2D eigenvalue weighted by Gasteiger charge is -2.30. The number of aryl methyl sites for hydroxylation is 1. The molecule has 1 fully saturated rings. The number of aromatic carboxylic acids is 1. The molecule has 1 saturated heterocycles. The maximum atomic E-state index is 14.5. The molecule has 1 aliphatic heterocycles. The zero-order chi connectivity index (χ0) is 21.6. The number of carboxylic acid groups (broad SMARTS) is 2. The molecule has 4 N–H and O–H groups in total. The quantitative estimate of drug-likeness (QED) is 0.431. The molecule has 1 amide bonds. The number of nitrogens with one attached hydrogen (secondary N) is 2. The molecule has 1 aliphatic rings. The predicted molar refractivity (Wildman–Crippen MR) is 108 cm³/mol. The number of alkyl halides is 1. The Morgan fingerprint density at radius 1 is 1.28 bits per heavy atom. The minimum atomic E-state index is -1.30. The van der Waals surface area contributed by atoms with E-state index in [-0.39, 0.29) is 17.0 Å². The summed E-state index contributed by atoms with van der Waals surface area (Å²) >= 11 is 4.90. The van der Waals surface area contributed by atoms with Crippen LogP contribution in [0.1, 0.15) is 17.3 Å². The average Bonchev–Trinajstić information content (AvgIpc) is 2.69. The summed E-state index contributed by atoms with van der Waals surface area (Å²) in [5.41, 5.74) is 0.0118. The molecule has 2 heterocycles. The molecule has 29 heavy (non-hydrogen) atoms. The fraction of sp³-hybridized carbons (Fsp3) is 0.389. The Kier molecular flexibility index (Phi) is 7.80. The Morgan fingerprint density at radius 3 is 2.41 bits per heavy atom. The molecule has 0 radical (unpaired) electrons. The fourth-order valence-electron chi connectivity index (χ4n) is 3.02. The Morgan fingerprint density at radius 2 is 1.93 bits per heavy atom. The van der Waals surface area contributed by atoms with E-state index in [2.05, 4.69) is 5.32 Å². The maximum Gasteiger partial charge on any atom is 0.405 e. The highest BCUT2D eigenvalue weighted by Gasteiger charge is 2.19. The molecule has 3 rings (SSSR count). The van der Waals surface area contributed by atoms with Crippen LogP contribution in [0.2, 0.25) is 0 Å². The molecular weight excluding hydrogens is 407 g/mol. The minimum absolute atomic E-state index is 0.0463. The van der Waals surface area contributed by atoms with Gasteiger partial charge in [0.05, 0.1) is 17.2 Å². The van der Waals surface area contributed by atoms with Gasteiger partial charge in [0.1, 0.15) is 11.4 Å². The van der Waals surface area contributed by atoms with Crippen molar-refractivity contribution in [3.63, 3.8) is 0 Å². The van der Waals surface area contributed by atoms with Crippen LogP contribution < -0.4 is 21.0 Å². The molecule has 1 aromatic carbocycles. The highest BCUT2D eigenvalue weighted by molar-refractivity contribution is 6.18. The lowest BCUT2D eigenvalue weighted by atomic mass is 10.1. The van der Waals surface area contributed by atoms with Crippen LogP contribution in [0, 0.1) is 5.82 Å². The zero-order valence-corrected chi connectivity index (χ0v) is 16.5. The number of piperazine rings is 1.